The van der Waals surface area contributed by atoms with Crippen molar-refractivity contribution in [3.63, 3.8) is 0 Å². The van der Waals surface area contributed by atoms with E-state index >= 15 is 0 Å². The number of nitrogens with zero attached hydrogens (tertiary/aromatic N) is 1. The van der Waals surface area contributed by atoms with Crippen molar-refractivity contribution >= 4 is 18.2 Å². The minimum Gasteiger partial charge on any atom is -0.401 e. The summed E-state index contributed by atoms with van der Waals surface area (Å²) in [4.78, 5) is 20.2. The van der Waals surface area contributed by atoms with Crippen molar-refractivity contribution in [1.82, 2.24) is 0 Å². The fourth-order valence-corrected chi connectivity index (χ4v) is 0.977. The van der Waals surface area contributed by atoms with Gasteiger partial charge in [0.2, 0.25) is 0 Å². The zero-order chi connectivity index (χ0) is 11.3. The van der Waals surface area contributed by atoms with Crippen molar-refractivity contribution in [2.75, 3.05) is 13.7 Å². The van der Waals surface area contributed by atoms with E-state index in [-0.39, 0.29) is 18.3 Å². The molecule has 0 saturated heterocycles. The molecule has 15 heavy (non-hydrogen) atoms. The van der Waals surface area contributed by atoms with Crippen molar-refractivity contribution in [2.45, 2.75) is 0 Å². The fraction of sp³-hybridized carbons (Fsp3) is 0.222. The predicted molar refractivity (Wildman–Crippen MR) is 51.3 cm³/mol. The van der Waals surface area contributed by atoms with Gasteiger partial charge in [-0.3, -0.25) is 14.9 Å². The molecule has 0 spiro atoms. The van der Waals surface area contributed by atoms with Gasteiger partial charge in [-0.2, -0.15) is 0 Å². The molecule has 1 heterocycles. The van der Waals surface area contributed by atoms with Gasteiger partial charge in [-0.25, -0.2) is 0 Å². The molecule has 0 aliphatic rings. The molecule has 0 unspecified atom stereocenters. The summed E-state index contributed by atoms with van der Waals surface area (Å²) in [6.07, 6.45) is 2.00. The van der Waals surface area contributed by atoms with Crippen LogP contribution in [0.4, 0.5) is 5.88 Å². The molecule has 1 aromatic rings. The minimum atomic E-state index is -0.645. The number of furan rings is 1. The van der Waals surface area contributed by atoms with Gasteiger partial charge in [-0.1, -0.05) is 0 Å². The van der Waals surface area contributed by atoms with E-state index in [0.717, 1.165) is 0 Å². The number of rotatable bonds is 5. The van der Waals surface area contributed by atoms with Gasteiger partial charge in [-0.05, 0) is 12.1 Å². The minimum absolute atomic E-state index is 0.137. The second kappa shape index (κ2) is 5.06. The quantitative estimate of drug-likeness (QED) is 0.318. The molecule has 0 radical (unpaired) electrons. The molecular formula is C9H9NO5. The SMILES string of the molecule is COC/C(C=O)=C\c1ccc([N+](=O)[O-])o1. The van der Waals surface area contributed by atoms with Crippen LogP contribution in [0.1, 0.15) is 5.76 Å². The summed E-state index contributed by atoms with van der Waals surface area (Å²) >= 11 is 0. The average Bonchev–Trinajstić information content (AvgIpc) is 2.65. The Morgan fingerprint density at radius 3 is 2.87 bits per heavy atom. The third-order valence-corrected chi connectivity index (χ3v) is 1.58. The monoisotopic (exact) mass is 211 g/mol. The Morgan fingerprint density at radius 2 is 2.40 bits per heavy atom. The maximum Gasteiger partial charge on any atom is 0.433 e. The molecule has 0 aromatic carbocycles. The third kappa shape index (κ3) is 3.03. The number of aldehydes is 1. The van der Waals surface area contributed by atoms with Gasteiger partial charge in [0.1, 0.15) is 17.0 Å². The van der Waals surface area contributed by atoms with Crippen LogP contribution in [0.25, 0.3) is 6.08 Å². The Kier molecular flexibility index (Phi) is 3.75. The maximum absolute atomic E-state index is 10.5. The number of hydrogen-bond donors (Lipinski definition) is 0. The Bertz CT molecular complexity index is 393. The van der Waals surface area contributed by atoms with Crippen molar-refractivity contribution in [3.8, 4) is 0 Å². The van der Waals surface area contributed by atoms with Gasteiger partial charge in [0, 0.05) is 12.7 Å². The number of carbonyl (C=O) groups excluding carboxylic acids is 1. The van der Waals surface area contributed by atoms with Crippen molar-refractivity contribution < 1.29 is 18.9 Å². The molecule has 0 atom stereocenters. The van der Waals surface area contributed by atoms with Crippen LogP contribution in [-0.2, 0) is 9.53 Å². The first-order valence-electron chi connectivity index (χ1n) is 4.06. The van der Waals surface area contributed by atoms with Gasteiger partial charge in [0.15, 0.2) is 0 Å². The summed E-state index contributed by atoms with van der Waals surface area (Å²) in [5.41, 5.74) is 0.349. The van der Waals surface area contributed by atoms with Crippen LogP contribution < -0.4 is 0 Å². The second-order valence-electron chi connectivity index (χ2n) is 2.70. The summed E-state index contributed by atoms with van der Waals surface area (Å²) in [6.45, 7) is 0.137. The highest BCUT2D eigenvalue weighted by atomic mass is 16.6. The van der Waals surface area contributed by atoms with Crippen LogP contribution in [0.15, 0.2) is 22.1 Å². The number of carbonyl (C=O) groups is 1. The first-order chi connectivity index (χ1) is 7.17. The van der Waals surface area contributed by atoms with Crippen LogP contribution in [0.2, 0.25) is 0 Å². The molecule has 0 saturated carbocycles. The summed E-state index contributed by atoms with van der Waals surface area (Å²) in [5.74, 6) is -0.107. The third-order valence-electron chi connectivity index (χ3n) is 1.58. The number of ether oxygens (including phenoxy) is 1. The van der Waals surface area contributed by atoms with Crippen molar-refractivity contribution in [3.05, 3.63) is 33.6 Å². The van der Waals surface area contributed by atoms with E-state index in [2.05, 4.69) is 0 Å². The van der Waals surface area contributed by atoms with Crippen LogP contribution in [0.3, 0.4) is 0 Å². The summed E-state index contributed by atoms with van der Waals surface area (Å²) in [6, 6.07) is 2.64. The molecule has 6 heteroatoms. The molecule has 0 aliphatic carbocycles. The van der Waals surface area contributed by atoms with Crippen LogP contribution >= 0.6 is 0 Å². The lowest BCUT2D eigenvalue weighted by Crippen LogP contribution is -1.94. The van der Waals surface area contributed by atoms with Gasteiger partial charge >= 0.3 is 5.88 Å². The van der Waals surface area contributed by atoms with Gasteiger partial charge in [0.05, 0.1) is 12.7 Å². The summed E-state index contributed by atoms with van der Waals surface area (Å²) in [7, 11) is 1.45. The number of methoxy groups -OCH3 is 1. The predicted octanol–water partition coefficient (Wildman–Crippen LogP) is 1.42. The van der Waals surface area contributed by atoms with Crippen molar-refractivity contribution in [1.29, 1.82) is 0 Å². The smallest absolute Gasteiger partial charge is 0.401 e. The molecule has 1 aromatic heterocycles. The molecule has 0 N–H and O–H groups in total. The molecule has 6 nitrogen and oxygen atoms in total. The molecule has 80 valence electrons. The van der Waals surface area contributed by atoms with Crippen molar-refractivity contribution in [2.24, 2.45) is 0 Å². The van der Waals surface area contributed by atoms with E-state index in [1.165, 1.54) is 25.3 Å². The Balaban J connectivity index is 2.86. The molecule has 0 fully saturated rings. The average molecular weight is 211 g/mol. The van der Waals surface area contributed by atoms with E-state index in [1.54, 1.807) is 0 Å². The topological polar surface area (TPSA) is 82.6 Å². The highest BCUT2D eigenvalue weighted by Crippen LogP contribution is 2.17. The zero-order valence-corrected chi connectivity index (χ0v) is 8.00. The number of hydrogen-bond acceptors (Lipinski definition) is 5. The lowest BCUT2D eigenvalue weighted by molar-refractivity contribution is -0.402. The first-order valence-corrected chi connectivity index (χ1v) is 4.06. The lowest BCUT2D eigenvalue weighted by Gasteiger charge is -1.94. The zero-order valence-electron chi connectivity index (χ0n) is 8.00. The second-order valence-corrected chi connectivity index (χ2v) is 2.70. The van der Waals surface area contributed by atoms with Crippen LogP contribution in [-0.4, -0.2) is 24.9 Å². The molecule has 1 rings (SSSR count). The van der Waals surface area contributed by atoms with Gasteiger partial charge < -0.3 is 9.15 Å². The van der Waals surface area contributed by atoms with Gasteiger partial charge in [-0.15, -0.1) is 0 Å². The van der Waals surface area contributed by atoms with E-state index in [0.29, 0.717) is 11.9 Å². The first kappa shape index (κ1) is 11.1. The Morgan fingerprint density at radius 1 is 1.67 bits per heavy atom. The molecule has 0 amide bonds. The van der Waals surface area contributed by atoms with E-state index in [4.69, 9.17) is 9.15 Å². The van der Waals surface area contributed by atoms with Crippen LogP contribution in [0.5, 0.6) is 0 Å². The fourth-order valence-electron chi connectivity index (χ4n) is 0.977. The van der Waals surface area contributed by atoms with Crippen LogP contribution in [0, 0.1) is 10.1 Å². The van der Waals surface area contributed by atoms with Gasteiger partial charge in [0.25, 0.3) is 0 Å². The van der Waals surface area contributed by atoms with E-state index in [1.807, 2.05) is 0 Å². The highest BCUT2D eigenvalue weighted by molar-refractivity contribution is 5.81. The molecule has 0 aliphatic heterocycles. The standard InChI is InChI=1S/C9H9NO5/c1-14-6-7(5-11)4-8-2-3-9(15-8)10(12)13/h2-5H,6H2,1H3/b7-4-. The Hall–Kier alpha value is -1.95. The van der Waals surface area contributed by atoms with E-state index < -0.39 is 4.92 Å². The summed E-state index contributed by atoms with van der Waals surface area (Å²) < 4.78 is 9.58. The largest absolute Gasteiger partial charge is 0.433 e. The highest BCUT2D eigenvalue weighted by Gasteiger charge is 2.10. The molecular weight excluding hydrogens is 202 g/mol. The maximum atomic E-state index is 10.5. The Labute approximate surface area is 85.3 Å². The summed E-state index contributed by atoms with van der Waals surface area (Å²) in [5, 5.41) is 10.3. The number of nitro groups is 1. The lowest BCUT2D eigenvalue weighted by atomic mass is 10.2. The van der Waals surface area contributed by atoms with E-state index in [9.17, 15) is 14.9 Å². The molecule has 0 bridgehead atoms. The normalized spacial score (nSPS) is 11.4.